The highest BCUT2D eigenvalue weighted by molar-refractivity contribution is 9.10. The monoisotopic (exact) mass is 330 g/mol. The molecule has 2 rings (SSSR count). The number of hydrogen-bond donors (Lipinski definition) is 2. The Balaban J connectivity index is 2.19. The van der Waals surface area contributed by atoms with E-state index in [9.17, 15) is 4.79 Å². The van der Waals surface area contributed by atoms with Gasteiger partial charge in [0.05, 0.1) is 17.7 Å². The molecular weight excluding hydrogens is 323 g/mol. The number of rotatable bonds is 3. The minimum atomic E-state index is -0.389. The Morgan fingerprint density at radius 1 is 1.56 bits per heavy atom. The third-order valence-corrected chi connectivity index (χ3v) is 3.37. The summed E-state index contributed by atoms with van der Waals surface area (Å²) in [7, 11) is 1.43. The van der Waals surface area contributed by atoms with Crippen LogP contribution in [0, 0.1) is 0 Å². The van der Waals surface area contributed by atoms with Gasteiger partial charge in [-0.05, 0) is 28.1 Å². The van der Waals surface area contributed by atoms with E-state index in [0.717, 1.165) is 0 Å². The zero-order valence-electron chi connectivity index (χ0n) is 9.20. The summed E-state index contributed by atoms with van der Waals surface area (Å²) < 4.78 is 5.43. The fourth-order valence-corrected chi connectivity index (χ4v) is 1.83. The van der Waals surface area contributed by atoms with Crippen LogP contribution in [0.1, 0.15) is 10.4 Å². The molecule has 94 valence electrons. The van der Waals surface area contributed by atoms with Crippen LogP contribution in [0.4, 0.5) is 5.95 Å². The van der Waals surface area contributed by atoms with Crippen molar-refractivity contribution in [2.75, 3.05) is 12.4 Å². The van der Waals surface area contributed by atoms with Gasteiger partial charge in [0, 0.05) is 4.47 Å². The molecule has 0 saturated carbocycles. The summed E-state index contributed by atoms with van der Waals surface area (Å²) >= 11 is 9.26. The lowest BCUT2D eigenvalue weighted by Crippen LogP contribution is -2.13. The number of halogens is 2. The second-order valence-electron chi connectivity index (χ2n) is 3.23. The smallest absolute Gasteiger partial charge is 0.336 e. The normalized spacial score (nSPS) is 10.2. The molecule has 0 bridgehead atoms. The Kier molecular flexibility index (Phi) is 3.83. The van der Waals surface area contributed by atoms with E-state index in [0.29, 0.717) is 15.1 Å². The minimum absolute atomic E-state index is 0.144. The molecule has 1 aromatic heterocycles. The summed E-state index contributed by atoms with van der Waals surface area (Å²) in [6, 6.07) is 5.21. The Labute approximate surface area is 116 Å². The lowest BCUT2D eigenvalue weighted by molar-refractivity contribution is 0.102. The van der Waals surface area contributed by atoms with Gasteiger partial charge in [0.15, 0.2) is 0 Å². The van der Waals surface area contributed by atoms with Crippen LogP contribution in [0.3, 0.4) is 0 Å². The van der Waals surface area contributed by atoms with Gasteiger partial charge in [-0.2, -0.15) is 4.98 Å². The number of anilines is 1. The molecule has 8 heteroatoms. The van der Waals surface area contributed by atoms with Crippen LogP contribution < -0.4 is 10.1 Å². The first kappa shape index (κ1) is 12.8. The quantitative estimate of drug-likeness (QED) is 0.905. The fraction of sp³-hybridized carbons (Fsp3) is 0.100. The van der Waals surface area contributed by atoms with E-state index in [1.807, 2.05) is 0 Å². The Morgan fingerprint density at radius 2 is 2.33 bits per heavy atom. The van der Waals surface area contributed by atoms with Crippen molar-refractivity contribution in [1.82, 2.24) is 15.2 Å². The van der Waals surface area contributed by atoms with Crippen LogP contribution in [-0.4, -0.2) is 28.2 Å². The van der Waals surface area contributed by atoms with Gasteiger partial charge in [-0.25, -0.2) is 5.10 Å². The summed E-state index contributed by atoms with van der Waals surface area (Å²) in [6.07, 6.45) is 0. The number of methoxy groups -OCH3 is 1. The molecule has 0 fully saturated rings. The number of nitrogens with one attached hydrogen (secondary N) is 2. The molecular formula is C10H8BrClN4O2. The number of carbonyl (C=O) groups excluding carboxylic acids is 1. The molecule has 0 radical (unpaired) electrons. The largest absolute Gasteiger partial charge is 0.466 e. The van der Waals surface area contributed by atoms with Crippen LogP contribution >= 0.6 is 27.5 Å². The molecule has 0 unspecified atom stereocenters. The van der Waals surface area contributed by atoms with E-state index < -0.39 is 0 Å². The maximum atomic E-state index is 11.9. The molecule has 0 aliphatic carbocycles. The van der Waals surface area contributed by atoms with Crippen molar-refractivity contribution in [3.05, 3.63) is 33.3 Å². The third kappa shape index (κ3) is 2.62. The molecule has 6 nitrogen and oxygen atoms in total. The highest BCUT2D eigenvalue weighted by Gasteiger charge is 2.14. The van der Waals surface area contributed by atoms with Gasteiger partial charge >= 0.3 is 6.01 Å². The molecule has 0 spiro atoms. The molecule has 0 saturated heterocycles. The molecule has 0 atom stereocenters. The maximum Gasteiger partial charge on any atom is 0.336 e. The first-order valence-corrected chi connectivity index (χ1v) is 6.00. The van der Waals surface area contributed by atoms with E-state index in [1.165, 1.54) is 7.11 Å². The van der Waals surface area contributed by atoms with E-state index in [-0.39, 0.29) is 17.9 Å². The Morgan fingerprint density at radius 3 is 3.00 bits per heavy atom. The zero-order chi connectivity index (χ0) is 13.1. The molecule has 1 aromatic carbocycles. The van der Waals surface area contributed by atoms with E-state index in [4.69, 9.17) is 16.3 Å². The SMILES string of the molecule is COc1n[nH]c(NC(=O)c2cccc(Br)c2Cl)n1. The summed E-state index contributed by atoms with van der Waals surface area (Å²) in [6.45, 7) is 0. The first-order valence-electron chi connectivity index (χ1n) is 4.83. The van der Waals surface area contributed by atoms with Gasteiger partial charge in [0.1, 0.15) is 0 Å². The lowest BCUT2D eigenvalue weighted by atomic mass is 10.2. The number of H-pyrrole nitrogens is 1. The van der Waals surface area contributed by atoms with Crippen LogP contribution in [0.25, 0.3) is 0 Å². The second kappa shape index (κ2) is 5.36. The van der Waals surface area contributed by atoms with Gasteiger partial charge in [-0.15, -0.1) is 5.10 Å². The second-order valence-corrected chi connectivity index (χ2v) is 4.46. The van der Waals surface area contributed by atoms with Crippen molar-refractivity contribution in [1.29, 1.82) is 0 Å². The third-order valence-electron chi connectivity index (χ3n) is 2.08. The molecule has 2 aromatic rings. The van der Waals surface area contributed by atoms with Crippen LogP contribution in [-0.2, 0) is 0 Å². The molecule has 1 amide bonds. The maximum absolute atomic E-state index is 11.9. The van der Waals surface area contributed by atoms with Crippen LogP contribution in [0.5, 0.6) is 6.01 Å². The number of aromatic nitrogens is 3. The van der Waals surface area contributed by atoms with Crippen molar-refractivity contribution < 1.29 is 9.53 Å². The number of hydrogen-bond acceptors (Lipinski definition) is 4. The molecule has 0 aliphatic heterocycles. The standard InChI is InChI=1S/C10H8BrClN4O2/c1-18-10-14-9(15-16-10)13-8(17)5-3-2-4-6(11)7(5)12/h2-4H,1H3,(H2,13,14,15,16,17). The predicted molar refractivity (Wildman–Crippen MR) is 70.0 cm³/mol. The van der Waals surface area contributed by atoms with Crippen molar-refractivity contribution in [3.63, 3.8) is 0 Å². The topological polar surface area (TPSA) is 79.9 Å². The summed E-state index contributed by atoms with van der Waals surface area (Å²) in [4.78, 5) is 15.8. The summed E-state index contributed by atoms with van der Waals surface area (Å²) in [5.74, 6) is -0.201. The molecule has 0 aliphatic rings. The predicted octanol–water partition coefficient (Wildman–Crippen LogP) is 2.48. The van der Waals surface area contributed by atoms with Crippen molar-refractivity contribution in [3.8, 4) is 6.01 Å². The lowest BCUT2D eigenvalue weighted by Gasteiger charge is -2.04. The van der Waals surface area contributed by atoms with Crippen LogP contribution in [0.2, 0.25) is 5.02 Å². The highest BCUT2D eigenvalue weighted by Crippen LogP contribution is 2.26. The van der Waals surface area contributed by atoms with Crippen molar-refractivity contribution in [2.45, 2.75) is 0 Å². The van der Waals surface area contributed by atoms with Crippen molar-refractivity contribution >= 4 is 39.4 Å². The zero-order valence-corrected chi connectivity index (χ0v) is 11.5. The average molecular weight is 332 g/mol. The number of carbonyl (C=O) groups is 1. The van der Waals surface area contributed by atoms with E-state index >= 15 is 0 Å². The fourth-order valence-electron chi connectivity index (χ4n) is 1.25. The average Bonchev–Trinajstić information content (AvgIpc) is 2.80. The number of nitrogens with zero attached hydrogens (tertiary/aromatic N) is 2. The first-order chi connectivity index (χ1) is 8.61. The van der Waals surface area contributed by atoms with E-state index in [2.05, 4.69) is 36.4 Å². The van der Waals surface area contributed by atoms with Crippen LogP contribution in [0.15, 0.2) is 22.7 Å². The highest BCUT2D eigenvalue weighted by atomic mass is 79.9. The minimum Gasteiger partial charge on any atom is -0.466 e. The molecule has 18 heavy (non-hydrogen) atoms. The summed E-state index contributed by atoms with van der Waals surface area (Å²) in [5.41, 5.74) is 0.335. The number of amides is 1. The van der Waals surface area contributed by atoms with Gasteiger partial charge in [0.25, 0.3) is 5.91 Å². The summed E-state index contributed by atoms with van der Waals surface area (Å²) in [5, 5.41) is 9.09. The Bertz CT molecular complexity index is 587. The van der Waals surface area contributed by atoms with Gasteiger partial charge in [0.2, 0.25) is 5.95 Å². The number of ether oxygens (including phenoxy) is 1. The molecule has 2 N–H and O–H groups in total. The van der Waals surface area contributed by atoms with Gasteiger partial charge in [-0.3, -0.25) is 10.1 Å². The van der Waals surface area contributed by atoms with Gasteiger partial charge in [-0.1, -0.05) is 17.7 Å². The Hall–Kier alpha value is -1.60. The number of benzene rings is 1. The molecule has 1 heterocycles. The van der Waals surface area contributed by atoms with E-state index in [1.54, 1.807) is 18.2 Å². The van der Waals surface area contributed by atoms with Gasteiger partial charge < -0.3 is 4.74 Å². The van der Waals surface area contributed by atoms with Crippen molar-refractivity contribution in [2.24, 2.45) is 0 Å². The number of aromatic amines is 1.